The molecule has 0 atom stereocenters. The van der Waals surface area contributed by atoms with Gasteiger partial charge in [-0.1, -0.05) is 54.6 Å². The summed E-state index contributed by atoms with van der Waals surface area (Å²) in [6, 6.07) is 22.5. The van der Waals surface area contributed by atoms with Crippen molar-refractivity contribution < 1.29 is 4.79 Å². The van der Waals surface area contributed by atoms with E-state index >= 15 is 0 Å². The minimum absolute atomic E-state index is 0.100. The summed E-state index contributed by atoms with van der Waals surface area (Å²) in [5.41, 5.74) is 6.43. The highest BCUT2D eigenvalue weighted by Crippen LogP contribution is 2.19. The maximum atomic E-state index is 12.1. The van der Waals surface area contributed by atoms with Crippen molar-refractivity contribution in [2.75, 3.05) is 6.54 Å². The molecule has 0 unspecified atom stereocenters. The van der Waals surface area contributed by atoms with Gasteiger partial charge in [-0.25, -0.2) is 4.98 Å². The fourth-order valence-corrected chi connectivity index (χ4v) is 3.22. The minimum Gasteiger partial charge on any atom is -0.352 e. The first kappa shape index (κ1) is 18.7. The maximum Gasteiger partial charge on any atom is 0.244 e. The number of amides is 1. The lowest BCUT2D eigenvalue weighted by Crippen LogP contribution is -2.23. The number of nitrogens with zero attached hydrogens (tertiary/aromatic N) is 2. The molecular formula is C25H23N3O. The molecule has 4 aromatic rings. The molecule has 4 rings (SSSR count). The molecule has 0 aliphatic heterocycles. The molecule has 0 saturated carbocycles. The normalized spacial score (nSPS) is 11.2. The third-order valence-electron chi connectivity index (χ3n) is 4.79. The lowest BCUT2D eigenvalue weighted by molar-refractivity contribution is -0.116. The largest absolute Gasteiger partial charge is 0.352 e. The first-order chi connectivity index (χ1) is 14.2. The molecule has 2 aromatic carbocycles. The molecule has 0 fully saturated rings. The number of pyridine rings is 1. The van der Waals surface area contributed by atoms with Crippen molar-refractivity contribution in [1.82, 2.24) is 14.7 Å². The van der Waals surface area contributed by atoms with E-state index < -0.39 is 0 Å². The van der Waals surface area contributed by atoms with Crippen LogP contribution in [0.15, 0.2) is 85.2 Å². The van der Waals surface area contributed by atoms with Crippen LogP contribution in [0.2, 0.25) is 0 Å². The predicted molar refractivity (Wildman–Crippen MR) is 118 cm³/mol. The van der Waals surface area contributed by atoms with Crippen LogP contribution in [-0.4, -0.2) is 21.8 Å². The second kappa shape index (κ2) is 8.57. The second-order valence-electron chi connectivity index (χ2n) is 7.06. The van der Waals surface area contributed by atoms with Crippen molar-refractivity contribution in [3.63, 3.8) is 0 Å². The van der Waals surface area contributed by atoms with Crippen LogP contribution in [0.5, 0.6) is 0 Å². The number of benzene rings is 2. The van der Waals surface area contributed by atoms with E-state index in [-0.39, 0.29) is 5.91 Å². The number of fused-ring (bicyclic) bond motifs is 1. The van der Waals surface area contributed by atoms with Crippen LogP contribution >= 0.6 is 0 Å². The van der Waals surface area contributed by atoms with Crippen molar-refractivity contribution in [1.29, 1.82) is 0 Å². The summed E-state index contributed by atoms with van der Waals surface area (Å²) in [5.74, 6) is -0.100. The van der Waals surface area contributed by atoms with E-state index in [1.54, 1.807) is 6.08 Å². The molecule has 1 amide bonds. The number of hydrogen-bond acceptors (Lipinski definition) is 2. The molecule has 0 saturated heterocycles. The van der Waals surface area contributed by atoms with Gasteiger partial charge in [0.15, 0.2) is 0 Å². The smallest absolute Gasteiger partial charge is 0.244 e. The van der Waals surface area contributed by atoms with Gasteiger partial charge in [-0.15, -0.1) is 0 Å². The third kappa shape index (κ3) is 4.79. The predicted octanol–water partition coefficient (Wildman–Crippen LogP) is 4.68. The van der Waals surface area contributed by atoms with Gasteiger partial charge in [0.2, 0.25) is 5.91 Å². The summed E-state index contributed by atoms with van der Waals surface area (Å²) < 4.78 is 2.00. The summed E-state index contributed by atoms with van der Waals surface area (Å²) in [4.78, 5) is 16.7. The van der Waals surface area contributed by atoms with Crippen LogP contribution in [0.25, 0.3) is 22.9 Å². The summed E-state index contributed by atoms with van der Waals surface area (Å²) in [6.07, 6.45) is 8.12. The Morgan fingerprint density at radius 3 is 2.59 bits per heavy atom. The van der Waals surface area contributed by atoms with Gasteiger partial charge in [-0.05, 0) is 47.4 Å². The minimum atomic E-state index is -0.100. The molecule has 2 heterocycles. The van der Waals surface area contributed by atoms with Gasteiger partial charge in [0.25, 0.3) is 0 Å². The van der Waals surface area contributed by atoms with Gasteiger partial charge in [-0.3, -0.25) is 4.79 Å². The van der Waals surface area contributed by atoms with E-state index in [1.165, 1.54) is 11.1 Å². The first-order valence-corrected chi connectivity index (χ1v) is 9.73. The summed E-state index contributed by atoms with van der Waals surface area (Å²) in [6.45, 7) is 2.61. The monoisotopic (exact) mass is 381 g/mol. The standard InChI is InChI=1S/C25H23N3O/c1-19-14-16-28-18-23(27-24(28)17-19)13-15-26-25(29)12-9-20-7-10-22(11-8-20)21-5-3-2-4-6-21/h2-12,14,16-18H,13,15H2,1H3,(H,26,29)/b12-9+. The lowest BCUT2D eigenvalue weighted by atomic mass is 10.0. The number of nitrogens with one attached hydrogen (secondary N) is 1. The van der Waals surface area contributed by atoms with Gasteiger partial charge in [-0.2, -0.15) is 0 Å². The summed E-state index contributed by atoms with van der Waals surface area (Å²) in [7, 11) is 0. The Morgan fingerprint density at radius 2 is 1.79 bits per heavy atom. The topological polar surface area (TPSA) is 46.4 Å². The van der Waals surface area contributed by atoms with Gasteiger partial charge >= 0.3 is 0 Å². The van der Waals surface area contributed by atoms with Crippen LogP contribution in [0, 0.1) is 6.92 Å². The number of imidazole rings is 1. The molecule has 144 valence electrons. The molecule has 0 spiro atoms. The molecule has 1 N–H and O–H groups in total. The quantitative estimate of drug-likeness (QED) is 0.493. The maximum absolute atomic E-state index is 12.1. The molecular weight excluding hydrogens is 358 g/mol. The highest BCUT2D eigenvalue weighted by atomic mass is 16.1. The number of carbonyl (C=O) groups excluding carboxylic acids is 1. The third-order valence-corrected chi connectivity index (χ3v) is 4.79. The molecule has 0 aliphatic rings. The van der Waals surface area contributed by atoms with E-state index in [0.29, 0.717) is 13.0 Å². The molecule has 29 heavy (non-hydrogen) atoms. The molecule has 2 aromatic heterocycles. The summed E-state index contributed by atoms with van der Waals surface area (Å²) in [5, 5.41) is 2.92. The Hall–Kier alpha value is -3.66. The van der Waals surface area contributed by atoms with E-state index in [0.717, 1.165) is 22.5 Å². The van der Waals surface area contributed by atoms with Crippen molar-refractivity contribution in [3.8, 4) is 11.1 Å². The van der Waals surface area contributed by atoms with E-state index in [2.05, 4.69) is 47.6 Å². The molecule has 0 radical (unpaired) electrons. The first-order valence-electron chi connectivity index (χ1n) is 9.73. The van der Waals surface area contributed by atoms with E-state index in [9.17, 15) is 4.79 Å². The highest BCUT2D eigenvalue weighted by Gasteiger charge is 2.03. The second-order valence-corrected chi connectivity index (χ2v) is 7.06. The fourth-order valence-electron chi connectivity index (χ4n) is 3.22. The highest BCUT2D eigenvalue weighted by molar-refractivity contribution is 5.91. The zero-order valence-corrected chi connectivity index (χ0v) is 16.4. The van der Waals surface area contributed by atoms with Gasteiger partial charge in [0.1, 0.15) is 5.65 Å². The Labute approximate surface area is 170 Å². The Bertz CT molecular complexity index is 1140. The van der Waals surface area contributed by atoms with Crippen LogP contribution < -0.4 is 5.32 Å². The number of hydrogen-bond donors (Lipinski definition) is 1. The van der Waals surface area contributed by atoms with Crippen molar-refractivity contribution >= 4 is 17.6 Å². The summed E-state index contributed by atoms with van der Waals surface area (Å²) >= 11 is 0. The number of carbonyl (C=O) groups is 1. The zero-order valence-electron chi connectivity index (χ0n) is 16.4. The Balaban J connectivity index is 1.29. The molecule has 0 bridgehead atoms. The lowest BCUT2D eigenvalue weighted by Gasteiger charge is -2.02. The van der Waals surface area contributed by atoms with E-state index in [1.807, 2.05) is 59.3 Å². The van der Waals surface area contributed by atoms with Crippen LogP contribution in [-0.2, 0) is 11.2 Å². The average Bonchev–Trinajstić information content (AvgIpc) is 3.15. The zero-order chi connectivity index (χ0) is 20.1. The Morgan fingerprint density at radius 1 is 1.03 bits per heavy atom. The Kier molecular flexibility index (Phi) is 5.52. The number of aromatic nitrogens is 2. The van der Waals surface area contributed by atoms with Gasteiger partial charge in [0.05, 0.1) is 5.69 Å². The molecule has 0 aliphatic carbocycles. The van der Waals surface area contributed by atoms with Gasteiger partial charge < -0.3 is 9.72 Å². The fraction of sp³-hybridized carbons (Fsp3) is 0.120. The van der Waals surface area contributed by atoms with Crippen LogP contribution in [0.4, 0.5) is 0 Å². The number of aryl methyl sites for hydroxylation is 1. The molecule has 4 nitrogen and oxygen atoms in total. The van der Waals surface area contributed by atoms with Crippen LogP contribution in [0.3, 0.4) is 0 Å². The van der Waals surface area contributed by atoms with Crippen molar-refractivity contribution in [2.45, 2.75) is 13.3 Å². The van der Waals surface area contributed by atoms with Gasteiger partial charge in [0, 0.05) is 31.4 Å². The van der Waals surface area contributed by atoms with E-state index in [4.69, 9.17) is 0 Å². The van der Waals surface area contributed by atoms with Crippen molar-refractivity contribution in [2.24, 2.45) is 0 Å². The number of rotatable bonds is 6. The van der Waals surface area contributed by atoms with Crippen LogP contribution in [0.1, 0.15) is 16.8 Å². The molecule has 4 heteroatoms. The van der Waals surface area contributed by atoms with Crippen molar-refractivity contribution in [3.05, 3.63) is 102 Å². The average molecular weight is 381 g/mol. The SMILES string of the molecule is Cc1ccn2cc(CCNC(=O)/C=C/c3ccc(-c4ccccc4)cc3)nc2c1.